The first-order valence-electron chi connectivity index (χ1n) is 7.24. The molecule has 3 N–H and O–H groups in total. The summed E-state index contributed by atoms with van der Waals surface area (Å²) in [6, 6.07) is 0.0263. The zero-order valence-corrected chi connectivity index (χ0v) is 12.4. The van der Waals surface area contributed by atoms with E-state index in [-0.39, 0.29) is 12.6 Å². The summed E-state index contributed by atoms with van der Waals surface area (Å²) >= 11 is 0. The van der Waals surface area contributed by atoms with Crippen molar-refractivity contribution in [3.63, 3.8) is 0 Å². The fourth-order valence-corrected chi connectivity index (χ4v) is 2.35. The molecule has 0 saturated heterocycles. The van der Waals surface area contributed by atoms with Crippen molar-refractivity contribution >= 4 is 0 Å². The number of aliphatic hydroxyl groups is 1. The molecule has 0 fully saturated rings. The third-order valence-electron chi connectivity index (χ3n) is 3.74. The normalized spacial score (nSPS) is 14.8. The minimum Gasteiger partial charge on any atom is -0.394 e. The average molecular weight is 268 g/mol. The molecule has 0 amide bonds. The summed E-state index contributed by atoms with van der Waals surface area (Å²) in [4.78, 5) is 6.58. The third-order valence-corrected chi connectivity index (χ3v) is 3.74. The molecule has 0 radical (unpaired) electrons. The van der Waals surface area contributed by atoms with Gasteiger partial charge in [0.25, 0.3) is 0 Å². The van der Waals surface area contributed by atoms with Crippen molar-refractivity contribution in [2.45, 2.75) is 45.7 Å². The predicted octanol–water partition coefficient (Wildman–Crippen LogP) is 1.56. The molecule has 0 bridgehead atoms. The Hall–Kier alpha value is -0.910. The molecular weight excluding hydrogens is 240 g/mol. The smallest absolute Gasteiger partial charge is 0.0951 e. The summed E-state index contributed by atoms with van der Waals surface area (Å²) < 4.78 is 2.09. The van der Waals surface area contributed by atoms with E-state index in [4.69, 9.17) is 10.8 Å². The Labute approximate surface area is 116 Å². The minimum absolute atomic E-state index is 0.0438. The van der Waals surface area contributed by atoms with Crippen LogP contribution in [0, 0.1) is 0 Å². The van der Waals surface area contributed by atoms with Crippen LogP contribution in [0.2, 0.25) is 0 Å². The van der Waals surface area contributed by atoms with E-state index in [1.54, 1.807) is 6.20 Å². The largest absolute Gasteiger partial charge is 0.394 e. The molecule has 0 saturated carbocycles. The van der Waals surface area contributed by atoms with Gasteiger partial charge in [-0.1, -0.05) is 13.8 Å². The number of hydrogen-bond acceptors (Lipinski definition) is 4. The van der Waals surface area contributed by atoms with Gasteiger partial charge in [0.15, 0.2) is 0 Å². The molecule has 0 aliphatic carbocycles. The Balaban J connectivity index is 2.49. The highest BCUT2D eigenvalue weighted by Crippen LogP contribution is 2.19. The van der Waals surface area contributed by atoms with Crippen LogP contribution in [0.1, 0.15) is 51.4 Å². The van der Waals surface area contributed by atoms with E-state index in [1.165, 1.54) is 0 Å². The van der Waals surface area contributed by atoms with E-state index >= 15 is 0 Å². The Kier molecular flexibility index (Phi) is 7.05. The van der Waals surface area contributed by atoms with Crippen molar-refractivity contribution in [1.82, 2.24) is 14.5 Å². The molecule has 19 heavy (non-hydrogen) atoms. The number of aliphatic hydroxyl groups excluding tert-OH is 1. The molecule has 1 aromatic rings. The fraction of sp³-hybridized carbons (Fsp3) is 0.786. The summed E-state index contributed by atoms with van der Waals surface area (Å²) in [6.45, 7) is 9.87. The van der Waals surface area contributed by atoms with Crippen molar-refractivity contribution < 1.29 is 5.11 Å². The summed E-state index contributed by atoms with van der Waals surface area (Å²) in [5.74, 6) is 0. The van der Waals surface area contributed by atoms with Crippen LogP contribution >= 0.6 is 0 Å². The second kappa shape index (κ2) is 8.30. The first-order valence-corrected chi connectivity index (χ1v) is 7.24. The summed E-state index contributed by atoms with van der Waals surface area (Å²) in [5, 5.41) is 9.15. The van der Waals surface area contributed by atoms with Gasteiger partial charge in [-0.05, 0) is 39.4 Å². The molecular formula is C14H28N4O. The molecule has 5 nitrogen and oxygen atoms in total. The number of imidazole rings is 1. The van der Waals surface area contributed by atoms with Crippen molar-refractivity contribution in [3.05, 3.63) is 18.2 Å². The van der Waals surface area contributed by atoms with Gasteiger partial charge < -0.3 is 20.3 Å². The highest BCUT2D eigenvalue weighted by molar-refractivity contribution is 5.05. The highest BCUT2D eigenvalue weighted by atomic mass is 16.3. The summed E-state index contributed by atoms with van der Waals surface area (Å²) in [5.41, 5.74) is 6.79. The number of nitrogens with two attached hydrogens (primary N) is 1. The maximum atomic E-state index is 9.15. The molecule has 2 atom stereocenters. The Morgan fingerprint density at radius 3 is 2.68 bits per heavy atom. The van der Waals surface area contributed by atoms with Crippen LogP contribution in [-0.4, -0.2) is 45.8 Å². The molecule has 5 heteroatoms. The second-order valence-electron chi connectivity index (χ2n) is 5.03. The monoisotopic (exact) mass is 268 g/mol. The standard InChI is InChI=1S/C14H28N4O/c1-4-17(5-2)8-6-7-12(3)18-11-16-9-14(18)13(15)10-19/h9,11-13,19H,4-8,10,15H2,1-3H3. The lowest BCUT2D eigenvalue weighted by Gasteiger charge is -2.22. The molecule has 2 unspecified atom stereocenters. The van der Waals surface area contributed by atoms with E-state index in [0.717, 1.165) is 38.2 Å². The van der Waals surface area contributed by atoms with Crippen molar-refractivity contribution in [1.29, 1.82) is 0 Å². The molecule has 110 valence electrons. The molecule has 0 aliphatic rings. The van der Waals surface area contributed by atoms with Crippen LogP contribution < -0.4 is 5.73 Å². The van der Waals surface area contributed by atoms with Gasteiger partial charge in [0, 0.05) is 12.2 Å². The van der Waals surface area contributed by atoms with Crippen molar-refractivity contribution in [3.8, 4) is 0 Å². The maximum absolute atomic E-state index is 9.15. The van der Waals surface area contributed by atoms with Crippen LogP contribution in [0.4, 0.5) is 0 Å². The molecule has 1 aromatic heterocycles. The van der Waals surface area contributed by atoms with Gasteiger partial charge in [-0.2, -0.15) is 0 Å². The van der Waals surface area contributed by atoms with E-state index in [1.807, 2.05) is 6.33 Å². The van der Waals surface area contributed by atoms with E-state index in [2.05, 4.69) is 35.2 Å². The van der Waals surface area contributed by atoms with Crippen LogP contribution in [0.3, 0.4) is 0 Å². The SMILES string of the molecule is CCN(CC)CCCC(C)n1cncc1C(N)CO. The van der Waals surface area contributed by atoms with Gasteiger partial charge in [0.1, 0.15) is 0 Å². The topological polar surface area (TPSA) is 67.3 Å². The van der Waals surface area contributed by atoms with Gasteiger partial charge in [0.2, 0.25) is 0 Å². The molecule has 0 aromatic carbocycles. The zero-order valence-electron chi connectivity index (χ0n) is 12.4. The summed E-state index contributed by atoms with van der Waals surface area (Å²) in [6.07, 6.45) is 5.82. The summed E-state index contributed by atoms with van der Waals surface area (Å²) in [7, 11) is 0. The van der Waals surface area contributed by atoms with Crippen LogP contribution in [0.25, 0.3) is 0 Å². The van der Waals surface area contributed by atoms with E-state index < -0.39 is 0 Å². The fourth-order valence-electron chi connectivity index (χ4n) is 2.35. The molecule has 0 spiro atoms. The Bertz CT molecular complexity index is 349. The number of hydrogen-bond donors (Lipinski definition) is 2. The second-order valence-corrected chi connectivity index (χ2v) is 5.03. The molecule has 1 rings (SSSR count). The van der Waals surface area contributed by atoms with E-state index in [9.17, 15) is 0 Å². The van der Waals surface area contributed by atoms with E-state index in [0.29, 0.717) is 6.04 Å². The maximum Gasteiger partial charge on any atom is 0.0951 e. The van der Waals surface area contributed by atoms with Gasteiger partial charge in [-0.15, -0.1) is 0 Å². The highest BCUT2D eigenvalue weighted by Gasteiger charge is 2.14. The van der Waals surface area contributed by atoms with Crippen molar-refractivity contribution in [2.24, 2.45) is 5.73 Å². The molecule has 1 heterocycles. The number of rotatable bonds is 9. The lowest BCUT2D eigenvalue weighted by Crippen LogP contribution is -2.25. The average Bonchev–Trinajstić information content (AvgIpc) is 2.92. The Morgan fingerprint density at radius 1 is 1.42 bits per heavy atom. The van der Waals surface area contributed by atoms with Crippen LogP contribution in [0.5, 0.6) is 0 Å². The number of nitrogens with zero attached hydrogens (tertiary/aromatic N) is 3. The molecule has 0 aliphatic heterocycles. The van der Waals surface area contributed by atoms with Gasteiger partial charge in [0.05, 0.1) is 24.7 Å². The lowest BCUT2D eigenvalue weighted by molar-refractivity contribution is 0.259. The lowest BCUT2D eigenvalue weighted by atomic mass is 10.1. The number of aromatic nitrogens is 2. The van der Waals surface area contributed by atoms with Crippen LogP contribution in [0.15, 0.2) is 12.5 Å². The van der Waals surface area contributed by atoms with Gasteiger partial charge in [-0.25, -0.2) is 4.98 Å². The Morgan fingerprint density at radius 2 is 2.11 bits per heavy atom. The minimum atomic E-state index is -0.340. The first kappa shape index (κ1) is 16.1. The first-order chi connectivity index (χ1) is 9.13. The quantitative estimate of drug-likeness (QED) is 0.713. The van der Waals surface area contributed by atoms with Crippen molar-refractivity contribution in [2.75, 3.05) is 26.2 Å². The zero-order chi connectivity index (χ0) is 14.3. The third kappa shape index (κ3) is 4.60. The van der Waals surface area contributed by atoms with Crippen LogP contribution in [-0.2, 0) is 0 Å². The predicted molar refractivity (Wildman–Crippen MR) is 78.0 cm³/mol. The van der Waals surface area contributed by atoms with Gasteiger partial charge in [-0.3, -0.25) is 0 Å². The van der Waals surface area contributed by atoms with Gasteiger partial charge >= 0.3 is 0 Å².